The molecule has 2 aliphatic rings. The average Bonchev–Trinajstić information content (AvgIpc) is 3.35. The van der Waals surface area contributed by atoms with Gasteiger partial charge in [-0.25, -0.2) is 4.79 Å². The smallest absolute Gasteiger partial charge is 0.317 e. The lowest BCUT2D eigenvalue weighted by molar-refractivity contribution is -0.121. The lowest BCUT2D eigenvalue weighted by Crippen LogP contribution is -2.46. The van der Waals surface area contributed by atoms with Crippen LogP contribution >= 0.6 is 23.2 Å². The van der Waals surface area contributed by atoms with Gasteiger partial charge in [0.25, 0.3) is 0 Å². The van der Waals surface area contributed by atoms with Gasteiger partial charge in [0.15, 0.2) is 0 Å². The van der Waals surface area contributed by atoms with Gasteiger partial charge < -0.3 is 15.5 Å². The summed E-state index contributed by atoms with van der Waals surface area (Å²) >= 11 is 12.1. The molecule has 1 heterocycles. The zero-order valence-corrected chi connectivity index (χ0v) is 14.2. The van der Waals surface area contributed by atoms with Crippen LogP contribution in [0.15, 0.2) is 18.2 Å². The van der Waals surface area contributed by atoms with Gasteiger partial charge in [0.2, 0.25) is 5.91 Å². The van der Waals surface area contributed by atoms with Gasteiger partial charge >= 0.3 is 6.03 Å². The molecular formula is C16H19Cl2N3O2. The number of benzene rings is 1. The number of piperidine rings is 1. The van der Waals surface area contributed by atoms with E-state index in [1.54, 1.807) is 23.1 Å². The first kappa shape index (κ1) is 16.4. The number of urea groups is 1. The molecule has 1 saturated heterocycles. The number of hydrogen-bond acceptors (Lipinski definition) is 2. The lowest BCUT2D eigenvalue weighted by atomic mass is 9.96. The first-order chi connectivity index (χ1) is 11.0. The van der Waals surface area contributed by atoms with E-state index in [9.17, 15) is 9.59 Å². The number of amides is 3. The number of para-hydroxylation sites is 1. The van der Waals surface area contributed by atoms with E-state index < -0.39 is 0 Å². The molecule has 5 nitrogen and oxygen atoms in total. The Morgan fingerprint density at radius 1 is 1.04 bits per heavy atom. The third-order valence-corrected chi connectivity index (χ3v) is 4.90. The van der Waals surface area contributed by atoms with Crippen LogP contribution in [0.1, 0.15) is 25.7 Å². The van der Waals surface area contributed by atoms with E-state index in [-0.39, 0.29) is 17.9 Å². The second kappa shape index (κ2) is 6.97. The van der Waals surface area contributed by atoms with Crippen LogP contribution in [0.5, 0.6) is 0 Å². The van der Waals surface area contributed by atoms with Crippen LogP contribution in [-0.2, 0) is 4.79 Å². The number of likely N-dealkylation sites (tertiary alicyclic amines) is 1. The molecule has 124 valence electrons. The first-order valence-corrected chi connectivity index (χ1v) is 8.60. The number of halogens is 2. The molecule has 7 heteroatoms. The van der Waals surface area contributed by atoms with Crippen molar-refractivity contribution < 1.29 is 9.59 Å². The summed E-state index contributed by atoms with van der Waals surface area (Å²) in [7, 11) is 0. The highest BCUT2D eigenvalue weighted by Crippen LogP contribution is 2.31. The second-order valence-corrected chi connectivity index (χ2v) is 6.89. The molecule has 1 aromatic carbocycles. The maximum Gasteiger partial charge on any atom is 0.317 e. The predicted octanol–water partition coefficient (Wildman–Crippen LogP) is 3.52. The fourth-order valence-corrected chi connectivity index (χ4v) is 3.17. The summed E-state index contributed by atoms with van der Waals surface area (Å²) in [6.07, 6.45) is 3.43. The monoisotopic (exact) mass is 355 g/mol. The van der Waals surface area contributed by atoms with Crippen molar-refractivity contribution in [3.05, 3.63) is 28.2 Å². The zero-order chi connectivity index (χ0) is 16.4. The SMILES string of the molecule is O=C(Nc1c(Cl)cccc1Cl)C1CCN(C(=O)NC2CC2)CC1. The average molecular weight is 356 g/mol. The molecule has 0 bridgehead atoms. The van der Waals surface area contributed by atoms with E-state index >= 15 is 0 Å². The van der Waals surface area contributed by atoms with Crippen molar-refractivity contribution in [2.75, 3.05) is 18.4 Å². The fourth-order valence-electron chi connectivity index (χ4n) is 2.68. The summed E-state index contributed by atoms with van der Waals surface area (Å²) in [6.45, 7) is 1.18. The van der Waals surface area contributed by atoms with Gasteiger partial charge in [0.05, 0.1) is 15.7 Å². The van der Waals surface area contributed by atoms with Crippen molar-refractivity contribution in [1.29, 1.82) is 0 Å². The fraction of sp³-hybridized carbons (Fsp3) is 0.500. The Morgan fingerprint density at radius 3 is 2.22 bits per heavy atom. The number of carbonyl (C=O) groups excluding carboxylic acids is 2. The molecule has 0 aromatic heterocycles. The number of carbonyl (C=O) groups is 2. The van der Waals surface area contributed by atoms with Crippen LogP contribution in [0.4, 0.5) is 10.5 Å². The Kier molecular flexibility index (Phi) is 4.97. The zero-order valence-electron chi connectivity index (χ0n) is 12.6. The van der Waals surface area contributed by atoms with Crippen molar-refractivity contribution in [3.8, 4) is 0 Å². The number of anilines is 1. The number of nitrogens with one attached hydrogen (secondary N) is 2. The van der Waals surface area contributed by atoms with Gasteiger partial charge in [-0.2, -0.15) is 0 Å². The van der Waals surface area contributed by atoms with E-state index in [0.29, 0.717) is 47.7 Å². The van der Waals surface area contributed by atoms with Gasteiger partial charge in [-0.15, -0.1) is 0 Å². The van der Waals surface area contributed by atoms with Gasteiger partial charge in [0.1, 0.15) is 0 Å². The van der Waals surface area contributed by atoms with Crippen LogP contribution in [0.2, 0.25) is 10.0 Å². The molecule has 3 amide bonds. The van der Waals surface area contributed by atoms with Crippen LogP contribution in [0.25, 0.3) is 0 Å². The highest BCUT2D eigenvalue weighted by atomic mass is 35.5. The predicted molar refractivity (Wildman–Crippen MR) is 90.9 cm³/mol. The van der Waals surface area contributed by atoms with Crippen molar-refractivity contribution in [2.24, 2.45) is 5.92 Å². The van der Waals surface area contributed by atoms with Crippen molar-refractivity contribution in [3.63, 3.8) is 0 Å². The lowest BCUT2D eigenvalue weighted by Gasteiger charge is -2.31. The summed E-state index contributed by atoms with van der Waals surface area (Å²) in [6, 6.07) is 5.45. The maximum absolute atomic E-state index is 12.4. The molecular weight excluding hydrogens is 337 g/mol. The van der Waals surface area contributed by atoms with E-state index in [2.05, 4.69) is 10.6 Å². The Morgan fingerprint density at radius 2 is 1.65 bits per heavy atom. The molecule has 2 fully saturated rings. The minimum absolute atomic E-state index is 0.0134. The molecule has 1 aliphatic heterocycles. The molecule has 0 unspecified atom stereocenters. The quantitative estimate of drug-likeness (QED) is 0.871. The summed E-state index contributed by atoms with van der Waals surface area (Å²) in [5, 5.41) is 6.63. The summed E-state index contributed by atoms with van der Waals surface area (Å²) < 4.78 is 0. The topological polar surface area (TPSA) is 61.4 Å². The van der Waals surface area contributed by atoms with Gasteiger partial charge in [0, 0.05) is 25.0 Å². The standard InChI is InChI=1S/C16H19Cl2N3O2/c17-12-2-1-3-13(18)14(12)20-15(22)10-6-8-21(9-7-10)16(23)19-11-4-5-11/h1-3,10-11H,4-9H2,(H,19,23)(H,20,22). The molecule has 1 aromatic rings. The van der Waals surface area contributed by atoms with Crippen molar-refractivity contribution in [1.82, 2.24) is 10.2 Å². The Balaban J connectivity index is 1.52. The largest absolute Gasteiger partial charge is 0.335 e. The van der Waals surface area contributed by atoms with E-state index in [1.807, 2.05) is 0 Å². The summed E-state index contributed by atoms with van der Waals surface area (Å²) in [5.74, 6) is -0.227. The summed E-state index contributed by atoms with van der Waals surface area (Å²) in [4.78, 5) is 26.2. The first-order valence-electron chi connectivity index (χ1n) is 7.85. The summed E-state index contributed by atoms with van der Waals surface area (Å²) in [5.41, 5.74) is 0.453. The van der Waals surface area contributed by atoms with Crippen LogP contribution in [0.3, 0.4) is 0 Å². The van der Waals surface area contributed by atoms with Crippen LogP contribution < -0.4 is 10.6 Å². The number of rotatable bonds is 3. The third-order valence-electron chi connectivity index (χ3n) is 4.27. The molecule has 2 N–H and O–H groups in total. The van der Waals surface area contributed by atoms with E-state index in [4.69, 9.17) is 23.2 Å². The minimum atomic E-state index is -0.132. The van der Waals surface area contributed by atoms with Gasteiger partial charge in [-0.3, -0.25) is 4.79 Å². The molecule has 1 saturated carbocycles. The highest BCUT2D eigenvalue weighted by molar-refractivity contribution is 6.39. The Bertz CT molecular complexity index is 591. The minimum Gasteiger partial charge on any atom is -0.335 e. The molecule has 0 radical (unpaired) electrons. The maximum atomic E-state index is 12.4. The molecule has 3 rings (SSSR count). The number of nitrogens with zero attached hydrogens (tertiary/aromatic N) is 1. The van der Waals surface area contributed by atoms with Gasteiger partial charge in [-0.05, 0) is 37.8 Å². The van der Waals surface area contributed by atoms with Crippen molar-refractivity contribution >= 4 is 40.8 Å². The normalized spacial score (nSPS) is 18.6. The third kappa shape index (κ3) is 4.09. The highest BCUT2D eigenvalue weighted by Gasteiger charge is 2.30. The van der Waals surface area contributed by atoms with Crippen LogP contribution in [0, 0.1) is 5.92 Å². The van der Waals surface area contributed by atoms with Crippen LogP contribution in [-0.4, -0.2) is 36.0 Å². The molecule has 0 spiro atoms. The van der Waals surface area contributed by atoms with E-state index in [0.717, 1.165) is 12.8 Å². The van der Waals surface area contributed by atoms with Crippen molar-refractivity contribution in [2.45, 2.75) is 31.7 Å². The van der Waals surface area contributed by atoms with E-state index in [1.165, 1.54) is 0 Å². The molecule has 23 heavy (non-hydrogen) atoms. The Hall–Kier alpha value is -1.46. The Labute approximate surface area is 145 Å². The number of hydrogen-bond donors (Lipinski definition) is 2. The molecule has 0 atom stereocenters. The molecule has 1 aliphatic carbocycles. The van der Waals surface area contributed by atoms with Gasteiger partial charge in [-0.1, -0.05) is 29.3 Å². The second-order valence-electron chi connectivity index (χ2n) is 6.07.